The van der Waals surface area contributed by atoms with E-state index >= 15 is 0 Å². The normalized spacial score (nSPS) is 17.4. The van der Waals surface area contributed by atoms with Crippen molar-refractivity contribution < 1.29 is 19.4 Å². The fourth-order valence-corrected chi connectivity index (χ4v) is 3.21. The number of esters is 1. The van der Waals surface area contributed by atoms with Gasteiger partial charge in [0.05, 0.1) is 13.2 Å². The van der Waals surface area contributed by atoms with E-state index in [4.69, 9.17) is 0 Å². The van der Waals surface area contributed by atoms with Gasteiger partial charge in [-0.1, -0.05) is 49.0 Å². The van der Waals surface area contributed by atoms with E-state index in [1.54, 1.807) is 6.08 Å². The van der Waals surface area contributed by atoms with Crippen molar-refractivity contribution in [1.29, 1.82) is 0 Å². The lowest BCUT2D eigenvalue weighted by Gasteiger charge is -2.22. The molecule has 1 aromatic carbocycles. The third kappa shape index (κ3) is 7.58. The first-order valence-corrected chi connectivity index (χ1v) is 9.89. The van der Waals surface area contributed by atoms with Crippen LogP contribution in [0.4, 0.5) is 0 Å². The number of carbonyl (C=O) groups is 2. The molecule has 0 bridgehead atoms. The molecule has 5 nitrogen and oxygen atoms in total. The summed E-state index contributed by atoms with van der Waals surface area (Å²) in [5, 5.41) is 10.1. The smallest absolute Gasteiger partial charge is 0.305 e. The molecule has 28 heavy (non-hydrogen) atoms. The number of unbranched alkanes of at least 4 members (excludes halogenated alkanes) is 3. The van der Waals surface area contributed by atoms with Crippen LogP contribution in [0.5, 0.6) is 0 Å². The Balaban J connectivity index is 1.75. The minimum absolute atomic E-state index is 0.0238. The first kappa shape index (κ1) is 21.7. The number of hydrogen-bond donors (Lipinski definition) is 1. The molecule has 2 rings (SSSR count). The number of carbonyl (C=O) groups excluding carboxylic acids is 2. The number of methoxy groups -OCH3 is 1. The molecular formula is C23H29NO4. The standard InChI is InChI=1S/C23H29NO4/c1-28-23(27)11-7-2-3-8-18-24-20(14-17-22(24)26)13-16-21(25)15-12-19-9-5-4-6-10-19/h4-6,9-10,13,16,20-21,25H,2-3,7-8,11,14,17-18H2,1H3/t20-,21+/m0/s1. The fraction of sp³-hybridized carbons (Fsp3) is 0.478. The van der Waals surface area contributed by atoms with Crippen molar-refractivity contribution in [2.24, 2.45) is 0 Å². The maximum Gasteiger partial charge on any atom is 0.305 e. The van der Waals surface area contributed by atoms with E-state index in [1.807, 2.05) is 41.3 Å². The van der Waals surface area contributed by atoms with E-state index in [1.165, 1.54) is 7.11 Å². The second-order valence-corrected chi connectivity index (χ2v) is 6.90. The first-order chi connectivity index (χ1) is 13.6. The van der Waals surface area contributed by atoms with Gasteiger partial charge in [-0.15, -0.1) is 0 Å². The van der Waals surface area contributed by atoms with Crippen molar-refractivity contribution in [1.82, 2.24) is 4.90 Å². The molecule has 0 spiro atoms. The summed E-state index contributed by atoms with van der Waals surface area (Å²) in [5.74, 6) is 5.74. The van der Waals surface area contributed by atoms with Crippen molar-refractivity contribution in [2.45, 2.75) is 57.1 Å². The van der Waals surface area contributed by atoms with Gasteiger partial charge in [0.1, 0.15) is 6.10 Å². The van der Waals surface area contributed by atoms with Gasteiger partial charge in [-0.3, -0.25) is 9.59 Å². The van der Waals surface area contributed by atoms with Crippen molar-refractivity contribution in [2.75, 3.05) is 13.7 Å². The van der Waals surface area contributed by atoms with Gasteiger partial charge in [-0.25, -0.2) is 0 Å². The molecule has 0 aliphatic carbocycles. The fourth-order valence-electron chi connectivity index (χ4n) is 3.21. The number of nitrogens with zero attached hydrogens (tertiary/aromatic N) is 1. The Kier molecular flexibility index (Phi) is 9.30. The van der Waals surface area contributed by atoms with Crippen LogP contribution in [0.1, 0.15) is 50.5 Å². The van der Waals surface area contributed by atoms with Crippen LogP contribution < -0.4 is 0 Å². The van der Waals surface area contributed by atoms with Crippen molar-refractivity contribution in [3.05, 3.63) is 48.0 Å². The molecule has 1 N–H and O–H groups in total. The van der Waals surface area contributed by atoms with E-state index in [0.29, 0.717) is 19.4 Å². The number of likely N-dealkylation sites (tertiary alicyclic amines) is 1. The van der Waals surface area contributed by atoms with Crippen LogP contribution >= 0.6 is 0 Å². The molecule has 0 unspecified atom stereocenters. The third-order valence-corrected chi connectivity index (χ3v) is 4.79. The monoisotopic (exact) mass is 383 g/mol. The SMILES string of the molecule is COC(=O)CCCCCCN1C(=O)CC[C@@H]1C=C[C@H](O)C#Cc1ccccc1. The zero-order chi connectivity index (χ0) is 20.2. The summed E-state index contributed by atoms with van der Waals surface area (Å²) < 4.78 is 4.63. The number of benzene rings is 1. The zero-order valence-electron chi connectivity index (χ0n) is 16.5. The number of hydrogen-bond acceptors (Lipinski definition) is 4. The summed E-state index contributed by atoms with van der Waals surface area (Å²) in [6.45, 7) is 0.706. The summed E-state index contributed by atoms with van der Waals surface area (Å²) in [7, 11) is 1.40. The topological polar surface area (TPSA) is 66.8 Å². The lowest BCUT2D eigenvalue weighted by molar-refractivity contribution is -0.140. The third-order valence-electron chi connectivity index (χ3n) is 4.79. The Labute approximate surface area is 167 Å². The van der Waals surface area contributed by atoms with E-state index in [9.17, 15) is 14.7 Å². The average Bonchev–Trinajstić information content (AvgIpc) is 3.07. The van der Waals surface area contributed by atoms with Gasteiger partial charge in [-0.05, 0) is 37.5 Å². The molecule has 0 aromatic heterocycles. The second-order valence-electron chi connectivity index (χ2n) is 6.90. The summed E-state index contributed by atoms with van der Waals surface area (Å²) in [6.07, 6.45) is 8.13. The highest BCUT2D eigenvalue weighted by Gasteiger charge is 2.28. The number of rotatable bonds is 9. The van der Waals surface area contributed by atoms with Gasteiger partial charge in [0.25, 0.3) is 0 Å². The molecule has 1 saturated heterocycles. The highest BCUT2D eigenvalue weighted by molar-refractivity contribution is 5.79. The molecular weight excluding hydrogens is 354 g/mol. The summed E-state index contributed by atoms with van der Waals surface area (Å²) >= 11 is 0. The minimum atomic E-state index is -0.851. The molecule has 1 heterocycles. The van der Waals surface area contributed by atoms with E-state index in [-0.39, 0.29) is 17.9 Å². The maximum absolute atomic E-state index is 12.1. The second kappa shape index (κ2) is 12.0. The number of amides is 1. The van der Waals surface area contributed by atoms with Gasteiger partial charge < -0.3 is 14.7 Å². The maximum atomic E-state index is 12.1. The van der Waals surface area contributed by atoms with Crippen LogP contribution in [0, 0.1) is 11.8 Å². The summed E-state index contributed by atoms with van der Waals surface area (Å²) in [6, 6.07) is 9.55. The van der Waals surface area contributed by atoms with E-state index in [2.05, 4.69) is 16.6 Å². The van der Waals surface area contributed by atoms with Crippen LogP contribution in [-0.2, 0) is 14.3 Å². The molecule has 1 aliphatic heterocycles. The molecule has 1 aromatic rings. The molecule has 0 saturated carbocycles. The Morgan fingerprint density at radius 3 is 2.79 bits per heavy atom. The predicted molar refractivity (Wildman–Crippen MR) is 108 cm³/mol. The van der Waals surface area contributed by atoms with Crippen molar-refractivity contribution in [3.63, 3.8) is 0 Å². The van der Waals surface area contributed by atoms with E-state index < -0.39 is 6.10 Å². The molecule has 1 fully saturated rings. The molecule has 1 aliphatic rings. The van der Waals surface area contributed by atoms with Crippen LogP contribution in [-0.4, -0.2) is 47.7 Å². The molecule has 150 valence electrons. The number of aliphatic hydroxyl groups is 1. The lowest BCUT2D eigenvalue weighted by Crippen LogP contribution is -2.32. The molecule has 2 atom stereocenters. The van der Waals surface area contributed by atoms with Crippen molar-refractivity contribution in [3.8, 4) is 11.8 Å². The number of ether oxygens (including phenoxy) is 1. The van der Waals surface area contributed by atoms with E-state index in [0.717, 1.165) is 37.7 Å². The van der Waals surface area contributed by atoms with Gasteiger partial charge >= 0.3 is 5.97 Å². The molecule has 0 radical (unpaired) electrons. The Morgan fingerprint density at radius 2 is 2.04 bits per heavy atom. The predicted octanol–water partition coefficient (Wildman–Crippen LogP) is 3.07. The van der Waals surface area contributed by atoms with Gasteiger partial charge in [0, 0.05) is 24.9 Å². The Hall–Kier alpha value is -2.58. The van der Waals surface area contributed by atoms with Gasteiger partial charge in [0.2, 0.25) is 5.91 Å². The van der Waals surface area contributed by atoms with Crippen molar-refractivity contribution >= 4 is 11.9 Å². The highest BCUT2D eigenvalue weighted by Crippen LogP contribution is 2.21. The molecule has 5 heteroatoms. The van der Waals surface area contributed by atoms with Crippen LogP contribution in [0.15, 0.2) is 42.5 Å². The largest absolute Gasteiger partial charge is 0.469 e. The number of aliphatic hydroxyl groups excluding tert-OH is 1. The van der Waals surface area contributed by atoms with Gasteiger partial charge in [-0.2, -0.15) is 0 Å². The first-order valence-electron chi connectivity index (χ1n) is 9.89. The van der Waals surface area contributed by atoms with Gasteiger partial charge in [0.15, 0.2) is 0 Å². The minimum Gasteiger partial charge on any atom is -0.469 e. The van der Waals surface area contributed by atoms with Crippen LogP contribution in [0.3, 0.4) is 0 Å². The lowest BCUT2D eigenvalue weighted by atomic mass is 10.1. The Morgan fingerprint density at radius 1 is 1.29 bits per heavy atom. The highest BCUT2D eigenvalue weighted by atomic mass is 16.5. The quantitative estimate of drug-likeness (QED) is 0.308. The summed E-state index contributed by atoms with van der Waals surface area (Å²) in [4.78, 5) is 25.1. The van der Waals surface area contributed by atoms with Crippen LogP contribution in [0.25, 0.3) is 0 Å². The zero-order valence-corrected chi connectivity index (χ0v) is 16.5. The molecule has 1 amide bonds. The Bertz CT molecular complexity index is 717. The van der Waals surface area contributed by atoms with Crippen LogP contribution in [0.2, 0.25) is 0 Å². The average molecular weight is 383 g/mol. The summed E-state index contributed by atoms with van der Waals surface area (Å²) in [5.41, 5.74) is 0.861.